The van der Waals surface area contributed by atoms with E-state index in [0.717, 1.165) is 13.0 Å². The Labute approximate surface area is 123 Å². The average Bonchev–Trinajstić information content (AvgIpc) is 2.38. The molecule has 0 bridgehead atoms. The molecule has 2 aliphatic carbocycles. The Morgan fingerprint density at radius 2 is 2.16 bits per heavy atom. The Balaban J connectivity index is 1.50. The van der Waals surface area contributed by atoms with Gasteiger partial charge in [-0.2, -0.15) is 0 Å². The molecule has 0 saturated heterocycles. The molecule has 1 N–H and O–H groups in total. The molecule has 3 rings (SSSR count). The lowest BCUT2D eigenvalue weighted by molar-refractivity contribution is -0.123. The zero-order valence-corrected chi connectivity index (χ0v) is 12.7. The predicted octanol–water partition coefficient (Wildman–Crippen LogP) is 3.40. The summed E-state index contributed by atoms with van der Waals surface area (Å²) in [5, 5.41) is 3.16. The summed E-state index contributed by atoms with van der Waals surface area (Å²) in [7, 11) is 0. The zero-order chi connectivity index (χ0) is 13.2. The van der Waals surface area contributed by atoms with Gasteiger partial charge >= 0.3 is 0 Å². The maximum absolute atomic E-state index is 12.2. The van der Waals surface area contributed by atoms with Gasteiger partial charge in [0, 0.05) is 11.4 Å². The van der Waals surface area contributed by atoms with E-state index in [9.17, 15) is 4.79 Å². The molecule has 1 aromatic carbocycles. The molecule has 1 amide bonds. The maximum atomic E-state index is 12.2. The highest BCUT2D eigenvalue weighted by molar-refractivity contribution is 9.09. The SMILES string of the molecule is O=C(NCC1CCCC(Br)C1)C1Cc2ccccc21. The first-order valence-electron chi connectivity index (χ1n) is 7.23. The second-order valence-electron chi connectivity index (χ2n) is 5.83. The second-order valence-corrected chi connectivity index (χ2v) is 7.13. The van der Waals surface area contributed by atoms with E-state index in [-0.39, 0.29) is 11.8 Å². The van der Waals surface area contributed by atoms with Gasteiger partial charge in [0.15, 0.2) is 0 Å². The number of hydrogen-bond acceptors (Lipinski definition) is 1. The van der Waals surface area contributed by atoms with Crippen LogP contribution in [0.15, 0.2) is 24.3 Å². The van der Waals surface area contributed by atoms with Gasteiger partial charge in [0.05, 0.1) is 5.92 Å². The van der Waals surface area contributed by atoms with E-state index < -0.39 is 0 Å². The largest absolute Gasteiger partial charge is 0.355 e. The van der Waals surface area contributed by atoms with Crippen LogP contribution in [-0.2, 0) is 11.2 Å². The molecule has 0 aromatic heterocycles. The number of halogens is 1. The minimum absolute atomic E-state index is 0.0968. The van der Waals surface area contributed by atoms with E-state index in [4.69, 9.17) is 0 Å². The van der Waals surface area contributed by atoms with Crippen LogP contribution in [0.3, 0.4) is 0 Å². The summed E-state index contributed by atoms with van der Waals surface area (Å²) in [5.74, 6) is 0.965. The maximum Gasteiger partial charge on any atom is 0.227 e. The Morgan fingerprint density at radius 3 is 2.95 bits per heavy atom. The van der Waals surface area contributed by atoms with Crippen LogP contribution in [0.4, 0.5) is 0 Å². The highest BCUT2D eigenvalue weighted by atomic mass is 79.9. The standard InChI is InChI=1S/C16H20BrNO/c17-13-6-3-4-11(8-13)10-18-16(19)15-9-12-5-1-2-7-14(12)15/h1-2,5,7,11,13,15H,3-4,6,8-10H2,(H,18,19). The molecule has 19 heavy (non-hydrogen) atoms. The summed E-state index contributed by atoms with van der Waals surface area (Å²) in [4.78, 5) is 12.8. The predicted molar refractivity (Wildman–Crippen MR) is 80.6 cm³/mol. The minimum atomic E-state index is 0.0968. The number of alkyl halides is 1. The van der Waals surface area contributed by atoms with Crippen molar-refractivity contribution in [1.29, 1.82) is 0 Å². The van der Waals surface area contributed by atoms with Crippen LogP contribution in [0.1, 0.15) is 42.7 Å². The number of hydrogen-bond donors (Lipinski definition) is 1. The molecule has 2 aliphatic rings. The molecule has 3 atom stereocenters. The van der Waals surface area contributed by atoms with E-state index >= 15 is 0 Å². The first kappa shape index (κ1) is 13.2. The lowest BCUT2D eigenvalue weighted by atomic mass is 9.77. The number of benzene rings is 1. The summed E-state index contributed by atoms with van der Waals surface area (Å²) in [6.45, 7) is 0.847. The molecule has 0 radical (unpaired) electrons. The van der Waals surface area contributed by atoms with E-state index in [0.29, 0.717) is 10.7 Å². The smallest absolute Gasteiger partial charge is 0.227 e. The van der Waals surface area contributed by atoms with E-state index in [1.54, 1.807) is 0 Å². The van der Waals surface area contributed by atoms with Gasteiger partial charge in [-0.1, -0.05) is 46.6 Å². The van der Waals surface area contributed by atoms with Crippen LogP contribution in [0.25, 0.3) is 0 Å². The minimum Gasteiger partial charge on any atom is -0.355 e. The molecule has 3 heteroatoms. The lowest BCUT2D eigenvalue weighted by Gasteiger charge is -2.30. The van der Waals surface area contributed by atoms with Gasteiger partial charge in [0.2, 0.25) is 5.91 Å². The van der Waals surface area contributed by atoms with Gasteiger partial charge in [-0.15, -0.1) is 0 Å². The molecule has 0 aliphatic heterocycles. The van der Waals surface area contributed by atoms with Crippen molar-refractivity contribution in [3.8, 4) is 0 Å². The fourth-order valence-corrected chi connectivity index (χ4v) is 4.12. The first-order valence-corrected chi connectivity index (χ1v) is 8.15. The summed E-state index contributed by atoms with van der Waals surface area (Å²) in [6.07, 6.45) is 5.92. The quantitative estimate of drug-likeness (QED) is 0.849. The molecular weight excluding hydrogens is 302 g/mol. The van der Waals surface area contributed by atoms with Crippen LogP contribution in [0, 0.1) is 5.92 Å². The van der Waals surface area contributed by atoms with E-state index in [1.165, 1.54) is 36.8 Å². The van der Waals surface area contributed by atoms with Crippen LogP contribution in [0.2, 0.25) is 0 Å². The van der Waals surface area contributed by atoms with Crippen molar-refractivity contribution in [2.75, 3.05) is 6.54 Å². The van der Waals surface area contributed by atoms with Crippen LogP contribution < -0.4 is 5.32 Å². The normalized spacial score (nSPS) is 29.2. The van der Waals surface area contributed by atoms with Crippen LogP contribution >= 0.6 is 15.9 Å². The van der Waals surface area contributed by atoms with Gasteiger partial charge < -0.3 is 5.32 Å². The molecule has 102 valence electrons. The summed E-state index contributed by atoms with van der Waals surface area (Å²) in [6, 6.07) is 8.27. The van der Waals surface area contributed by atoms with Crippen LogP contribution in [-0.4, -0.2) is 17.3 Å². The van der Waals surface area contributed by atoms with E-state index in [1.807, 2.05) is 12.1 Å². The lowest BCUT2D eigenvalue weighted by Crippen LogP contribution is -2.38. The highest BCUT2D eigenvalue weighted by Crippen LogP contribution is 2.35. The molecule has 1 fully saturated rings. The van der Waals surface area contributed by atoms with Gasteiger partial charge in [-0.3, -0.25) is 4.79 Å². The first-order chi connectivity index (χ1) is 9.24. The monoisotopic (exact) mass is 321 g/mol. The summed E-state index contributed by atoms with van der Waals surface area (Å²) >= 11 is 3.70. The fourth-order valence-electron chi connectivity index (χ4n) is 3.27. The molecular formula is C16H20BrNO. The second kappa shape index (κ2) is 5.66. The van der Waals surface area contributed by atoms with Crippen molar-refractivity contribution in [1.82, 2.24) is 5.32 Å². The Bertz CT molecular complexity index is 474. The molecule has 1 saturated carbocycles. The number of nitrogens with one attached hydrogen (secondary N) is 1. The van der Waals surface area contributed by atoms with Crippen molar-refractivity contribution in [3.63, 3.8) is 0 Å². The average molecular weight is 322 g/mol. The van der Waals surface area contributed by atoms with Crippen molar-refractivity contribution in [2.45, 2.75) is 42.8 Å². The molecule has 0 spiro atoms. The highest BCUT2D eigenvalue weighted by Gasteiger charge is 2.32. The number of fused-ring (bicyclic) bond motifs is 1. The van der Waals surface area contributed by atoms with Gasteiger partial charge in [-0.05, 0) is 42.7 Å². The molecule has 0 heterocycles. The third-order valence-electron chi connectivity index (χ3n) is 4.45. The molecule has 2 nitrogen and oxygen atoms in total. The van der Waals surface area contributed by atoms with Crippen molar-refractivity contribution >= 4 is 21.8 Å². The number of amides is 1. The summed E-state index contributed by atoms with van der Waals surface area (Å²) in [5.41, 5.74) is 2.56. The van der Waals surface area contributed by atoms with Crippen LogP contribution in [0.5, 0.6) is 0 Å². The van der Waals surface area contributed by atoms with E-state index in [2.05, 4.69) is 33.4 Å². The number of carbonyl (C=O) groups is 1. The van der Waals surface area contributed by atoms with Crippen molar-refractivity contribution in [3.05, 3.63) is 35.4 Å². The molecule has 1 aromatic rings. The third kappa shape index (κ3) is 2.86. The topological polar surface area (TPSA) is 29.1 Å². The number of rotatable bonds is 3. The summed E-state index contributed by atoms with van der Waals surface area (Å²) < 4.78 is 0. The third-order valence-corrected chi connectivity index (χ3v) is 5.29. The van der Waals surface area contributed by atoms with Crippen molar-refractivity contribution in [2.24, 2.45) is 5.92 Å². The molecule has 3 unspecified atom stereocenters. The van der Waals surface area contributed by atoms with Gasteiger partial charge in [0.1, 0.15) is 0 Å². The Kier molecular flexibility index (Phi) is 3.92. The number of carbonyl (C=O) groups excluding carboxylic acids is 1. The van der Waals surface area contributed by atoms with Gasteiger partial charge in [0.25, 0.3) is 0 Å². The fraction of sp³-hybridized carbons (Fsp3) is 0.562. The van der Waals surface area contributed by atoms with Gasteiger partial charge in [-0.25, -0.2) is 0 Å². The Hall–Kier alpha value is -0.830. The van der Waals surface area contributed by atoms with Crippen molar-refractivity contribution < 1.29 is 4.79 Å². The zero-order valence-electron chi connectivity index (χ0n) is 11.1. The Morgan fingerprint density at radius 1 is 1.32 bits per heavy atom.